The third kappa shape index (κ3) is 6.87. The number of hydrazone groups is 1. The highest BCUT2D eigenvalue weighted by Gasteiger charge is 2.22. The maximum atomic E-state index is 12.5. The molecule has 0 bridgehead atoms. The smallest absolute Gasteiger partial charge is 0.262 e. The van der Waals surface area contributed by atoms with Crippen LogP contribution in [0.2, 0.25) is 5.02 Å². The Bertz CT molecular complexity index is 799. The average molecular weight is 386 g/mol. The van der Waals surface area contributed by atoms with Crippen LogP contribution in [0.15, 0.2) is 53.6 Å². The van der Waals surface area contributed by atoms with Gasteiger partial charge in [-0.05, 0) is 49.1 Å². The Morgan fingerprint density at radius 1 is 1.07 bits per heavy atom. The molecular weight excluding hydrogens is 362 g/mol. The molecule has 5 nitrogen and oxygen atoms in total. The third-order valence-electron chi connectivity index (χ3n) is 3.90. The highest BCUT2D eigenvalue weighted by atomic mass is 35.5. The van der Waals surface area contributed by atoms with Gasteiger partial charge in [-0.15, -0.1) is 0 Å². The van der Waals surface area contributed by atoms with Crippen LogP contribution < -0.4 is 10.7 Å². The van der Waals surface area contributed by atoms with E-state index in [9.17, 15) is 9.59 Å². The van der Waals surface area contributed by atoms with Crippen molar-refractivity contribution in [1.82, 2.24) is 10.7 Å². The van der Waals surface area contributed by atoms with Crippen LogP contribution in [0, 0.1) is 12.8 Å². The molecule has 0 saturated carbocycles. The minimum atomic E-state index is -0.677. The molecule has 0 radical (unpaired) electrons. The van der Waals surface area contributed by atoms with E-state index in [1.54, 1.807) is 30.5 Å². The molecule has 0 fully saturated rings. The van der Waals surface area contributed by atoms with Crippen LogP contribution in [0.5, 0.6) is 0 Å². The number of nitrogens with zero attached hydrogens (tertiary/aromatic N) is 1. The number of aryl methyl sites for hydroxylation is 1. The van der Waals surface area contributed by atoms with E-state index < -0.39 is 6.04 Å². The number of nitrogens with one attached hydrogen (secondary N) is 2. The summed E-state index contributed by atoms with van der Waals surface area (Å²) in [5.74, 6) is -0.447. The van der Waals surface area contributed by atoms with E-state index in [1.165, 1.54) is 0 Å². The number of hydrogen-bond acceptors (Lipinski definition) is 3. The molecule has 0 aliphatic heterocycles. The molecule has 142 valence electrons. The number of halogens is 1. The van der Waals surface area contributed by atoms with Crippen molar-refractivity contribution >= 4 is 29.6 Å². The van der Waals surface area contributed by atoms with Crippen molar-refractivity contribution in [3.63, 3.8) is 0 Å². The largest absolute Gasteiger partial charge is 0.340 e. The molecule has 2 rings (SSSR count). The lowest BCUT2D eigenvalue weighted by molar-refractivity contribution is -0.123. The van der Waals surface area contributed by atoms with Gasteiger partial charge in [-0.1, -0.05) is 55.3 Å². The third-order valence-corrected chi connectivity index (χ3v) is 4.15. The first-order chi connectivity index (χ1) is 12.8. The molecule has 0 heterocycles. The van der Waals surface area contributed by atoms with Gasteiger partial charge >= 0.3 is 0 Å². The lowest BCUT2D eigenvalue weighted by Crippen LogP contribution is -2.46. The van der Waals surface area contributed by atoms with E-state index in [4.69, 9.17) is 11.6 Å². The fraction of sp³-hybridized carbons (Fsp3) is 0.286. The maximum absolute atomic E-state index is 12.5. The van der Waals surface area contributed by atoms with Crippen LogP contribution in [0.25, 0.3) is 0 Å². The van der Waals surface area contributed by atoms with Gasteiger partial charge in [0.1, 0.15) is 6.04 Å². The molecule has 0 spiro atoms. The molecule has 1 unspecified atom stereocenters. The molecule has 0 aromatic heterocycles. The first kappa shape index (κ1) is 20.6. The molecule has 0 aliphatic rings. The quantitative estimate of drug-likeness (QED) is 0.559. The topological polar surface area (TPSA) is 70.6 Å². The Kier molecular flexibility index (Phi) is 7.55. The minimum Gasteiger partial charge on any atom is -0.340 e. The second kappa shape index (κ2) is 9.88. The Hall–Kier alpha value is -2.66. The van der Waals surface area contributed by atoms with Crippen LogP contribution in [0.1, 0.15) is 41.8 Å². The van der Waals surface area contributed by atoms with Gasteiger partial charge in [0.2, 0.25) is 0 Å². The van der Waals surface area contributed by atoms with Gasteiger partial charge < -0.3 is 5.32 Å². The fourth-order valence-corrected chi connectivity index (χ4v) is 2.57. The molecule has 2 aromatic rings. The highest BCUT2D eigenvalue weighted by molar-refractivity contribution is 6.30. The second-order valence-corrected chi connectivity index (χ2v) is 7.24. The van der Waals surface area contributed by atoms with Crippen molar-refractivity contribution in [2.24, 2.45) is 11.0 Å². The van der Waals surface area contributed by atoms with Crippen LogP contribution in [-0.2, 0) is 4.79 Å². The predicted molar refractivity (Wildman–Crippen MR) is 109 cm³/mol. The van der Waals surface area contributed by atoms with Crippen molar-refractivity contribution in [3.05, 3.63) is 70.2 Å². The summed E-state index contributed by atoms with van der Waals surface area (Å²) < 4.78 is 0. The van der Waals surface area contributed by atoms with E-state index in [-0.39, 0.29) is 17.7 Å². The standard InChI is InChI=1S/C21H24ClN3O2/c1-14(2)12-19(24-20(26)17-8-10-18(22)11-9-17)21(27)25-23-13-16-6-4-15(3)5-7-16/h4-11,13-14,19H,12H2,1-3H3,(H,24,26)(H,25,27)/b23-13+. The van der Waals surface area contributed by atoms with Gasteiger partial charge in [0, 0.05) is 10.6 Å². The summed E-state index contributed by atoms with van der Waals surface area (Å²) in [6.07, 6.45) is 2.08. The van der Waals surface area contributed by atoms with Crippen LogP contribution in [0.4, 0.5) is 0 Å². The summed E-state index contributed by atoms with van der Waals surface area (Å²) in [5, 5.41) is 7.32. The molecule has 27 heavy (non-hydrogen) atoms. The minimum absolute atomic E-state index is 0.229. The summed E-state index contributed by atoms with van der Waals surface area (Å²) >= 11 is 5.85. The molecular formula is C21H24ClN3O2. The number of hydrogen-bond donors (Lipinski definition) is 2. The molecule has 2 N–H and O–H groups in total. The van der Waals surface area contributed by atoms with Gasteiger partial charge in [0.05, 0.1) is 6.21 Å². The summed E-state index contributed by atoms with van der Waals surface area (Å²) in [7, 11) is 0. The molecule has 6 heteroatoms. The van der Waals surface area contributed by atoms with E-state index in [1.807, 2.05) is 45.0 Å². The molecule has 0 saturated heterocycles. The van der Waals surface area contributed by atoms with Crippen LogP contribution in [-0.4, -0.2) is 24.1 Å². The summed E-state index contributed by atoms with van der Waals surface area (Å²) in [4.78, 5) is 24.9. The Labute approximate surface area is 164 Å². The second-order valence-electron chi connectivity index (χ2n) is 6.81. The van der Waals surface area contributed by atoms with E-state index in [0.29, 0.717) is 17.0 Å². The van der Waals surface area contributed by atoms with Crippen molar-refractivity contribution < 1.29 is 9.59 Å². The molecule has 0 aliphatic carbocycles. The molecule has 1 atom stereocenters. The summed E-state index contributed by atoms with van der Waals surface area (Å²) in [6, 6.07) is 13.6. The van der Waals surface area contributed by atoms with E-state index in [2.05, 4.69) is 15.8 Å². The zero-order valence-electron chi connectivity index (χ0n) is 15.7. The van der Waals surface area contributed by atoms with Gasteiger partial charge in [0.25, 0.3) is 11.8 Å². The Morgan fingerprint density at radius 3 is 2.30 bits per heavy atom. The highest BCUT2D eigenvalue weighted by Crippen LogP contribution is 2.11. The average Bonchev–Trinajstić information content (AvgIpc) is 2.63. The molecule has 2 amide bonds. The SMILES string of the molecule is Cc1ccc(/C=N/NC(=O)C(CC(C)C)NC(=O)c2ccc(Cl)cc2)cc1. The normalized spacial score (nSPS) is 12.2. The Balaban J connectivity index is 2.01. The van der Waals surface area contributed by atoms with Crippen LogP contribution in [0.3, 0.4) is 0 Å². The monoisotopic (exact) mass is 385 g/mol. The van der Waals surface area contributed by atoms with Gasteiger partial charge in [-0.3, -0.25) is 9.59 Å². The van der Waals surface area contributed by atoms with Gasteiger partial charge in [-0.2, -0.15) is 5.10 Å². The lowest BCUT2D eigenvalue weighted by atomic mass is 10.0. The van der Waals surface area contributed by atoms with Crippen molar-refractivity contribution in [3.8, 4) is 0 Å². The summed E-state index contributed by atoms with van der Waals surface area (Å²) in [6.45, 7) is 5.98. The fourth-order valence-electron chi connectivity index (χ4n) is 2.45. The predicted octanol–water partition coefficient (Wildman–Crippen LogP) is 3.94. The van der Waals surface area contributed by atoms with Gasteiger partial charge in [0.15, 0.2) is 0 Å². The summed E-state index contributed by atoms with van der Waals surface area (Å²) in [5.41, 5.74) is 4.99. The van der Waals surface area contributed by atoms with E-state index >= 15 is 0 Å². The first-order valence-electron chi connectivity index (χ1n) is 8.81. The zero-order chi connectivity index (χ0) is 19.8. The molecule has 2 aromatic carbocycles. The van der Waals surface area contributed by atoms with Crippen molar-refractivity contribution in [2.45, 2.75) is 33.2 Å². The number of rotatable bonds is 7. The van der Waals surface area contributed by atoms with Gasteiger partial charge in [-0.25, -0.2) is 5.43 Å². The number of amides is 2. The lowest BCUT2D eigenvalue weighted by Gasteiger charge is -2.19. The zero-order valence-corrected chi connectivity index (χ0v) is 16.5. The first-order valence-corrected chi connectivity index (χ1v) is 9.19. The van der Waals surface area contributed by atoms with Crippen molar-refractivity contribution in [2.75, 3.05) is 0 Å². The Morgan fingerprint density at radius 2 is 1.70 bits per heavy atom. The number of carbonyl (C=O) groups is 2. The number of benzene rings is 2. The van der Waals surface area contributed by atoms with Crippen molar-refractivity contribution in [1.29, 1.82) is 0 Å². The van der Waals surface area contributed by atoms with E-state index in [0.717, 1.165) is 11.1 Å². The number of carbonyl (C=O) groups excluding carboxylic acids is 2. The maximum Gasteiger partial charge on any atom is 0.262 e. The van der Waals surface area contributed by atoms with Crippen LogP contribution >= 0.6 is 11.6 Å².